The van der Waals surface area contributed by atoms with Crippen molar-refractivity contribution in [2.24, 2.45) is 0 Å². The molecule has 0 atom stereocenters. The van der Waals surface area contributed by atoms with E-state index in [1.165, 1.54) is 6.42 Å². The van der Waals surface area contributed by atoms with Crippen molar-refractivity contribution in [3.8, 4) is 5.75 Å². The molecule has 1 aromatic carbocycles. The Balaban J connectivity index is 2.20. The summed E-state index contributed by atoms with van der Waals surface area (Å²) in [7, 11) is 0. The number of unbranched alkanes of at least 4 members (excludes halogenated alkanes) is 1. The first kappa shape index (κ1) is 9.85. The van der Waals surface area contributed by atoms with Crippen LogP contribution < -0.4 is 4.74 Å². The van der Waals surface area contributed by atoms with E-state index in [0.29, 0.717) is 6.61 Å². The summed E-state index contributed by atoms with van der Waals surface area (Å²) in [5, 5.41) is 0. The van der Waals surface area contributed by atoms with Crippen LogP contribution in [0.1, 0.15) is 19.8 Å². The van der Waals surface area contributed by atoms with Gasteiger partial charge in [0.1, 0.15) is 12.4 Å². The molecule has 0 N–H and O–H groups in total. The predicted molar refractivity (Wildman–Crippen MR) is 56.0 cm³/mol. The minimum absolute atomic E-state index is 0.671. The third-order valence-corrected chi connectivity index (χ3v) is 1.71. The van der Waals surface area contributed by atoms with Crippen LogP contribution in [-0.2, 0) is 0 Å². The average Bonchev–Trinajstić information content (AvgIpc) is 2.19. The third kappa shape index (κ3) is 4.36. The molecular weight excluding hydrogens is 160 g/mol. The second-order valence-corrected chi connectivity index (χ2v) is 2.88. The van der Waals surface area contributed by atoms with Crippen LogP contribution in [0.5, 0.6) is 5.75 Å². The van der Waals surface area contributed by atoms with Crippen LogP contribution in [0.3, 0.4) is 0 Å². The molecule has 0 amide bonds. The summed E-state index contributed by atoms with van der Waals surface area (Å²) < 4.78 is 5.47. The summed E-state index contributed by atoms with van der Waals surface area (Å²) in [6, 6.07) is 9.87. The predicted octanol–water partition coefficient (Wildman–Crippen LogP) is 3.42. The molecule has 0 saturated heterocycles. The third-order valence-electron chi connectivity index (χ3n) is 1.71. The molecule has 13 heavy (non-hydrogen) atoms. The fourth-order valence-electron chi connectivity index (χ4n) is 1.01. The Labute approximate surface area is 80.0 Å². The first-order valence-electron chi connectivity index (χ1n) is 4.76. The summed E-state index contributed by atoms with van der Waals surface area (Å²) >= 11 is 0. The number of hydrogen-bond donors (Lipinski definition) is 0. The van der Waals surface area contributed by atoms with E-state index in [1.54, 1.807) is 0 Å². The van der Waals surface area contributed by atoms with Gasteiger partial charge in [-0.3, -0.25) is 0 Å². The molecule has 1 nitrogen and oxygen atoms in total. The van der Waals surface area contributed by atoms with E-state index in [0.717, 1.165) is 12.2 Å². The zero-order chi connectivity index (χ0) is 9.36. The summed E-state index contributed by atoms with van der Waals surface area (Å²) in [5.41, 5.74) is 0. The molecular formula is C12H16O. The fraction of sp³-hybridized carbons (Fsp3) is 0.333. The Morgan fingerprint density at radius 3 is 2.62 bits per heavy atom. The maximum atomic E-state index is 5.47. The molecule has 1 aromatic rings. The van der Waals surface area contributed by atoms with Crippen LogP contribution in [-0.4, -0.2) is 6.61 Å². The molecule has 0 saturated carbocycles. The lowest BCUT2D eigenvalue weighted by Crippen LogP contribution is -1.92. The molecule has 0 aliphatic heterocycles. The molecule has 0 radical (unpaired) electrons. The molecule has 0 spiro atoms. The van der Waals surface area contributed by atoms with Crippen molar-refractivity contribution in [1.29, 1.82) is 0 Å². The number of allylic oxidation sites excluding steroid dienone is 1. The van der Waals surface area contributed by atoms with Gasteiger partial charge in [0.25, 0.3) is 0 Å². The van der Waals surface area contributed by atoms with Crippen molar-refractivity contribution in [2.75, 3.05) is 6.61 Å². The number of hydrogen-bond acceptors (Lipinski definition) is 1. The van der Waals surface area contributed by atoms with Gasteiger partial charge in [0.2, 0.25) is 0 Å². The van der Waals surface area contributed by atoms with E-state index in [-0.39, 0.29) is 0 Å². The van der Waals surface area contributed by atoms with Gasteiger partial charge in [-0.15, -0.1) is 0 Å². The lowest BCUT2D eigenvalue weighted by Gasteiger charge is -2.00. The van der Waals surface area contributed by atoms with E-state index in [1.807, 2.05) is 30.3 Å². The molecule has 0 fully saturated rings. The molecule has 0 aliphatic carbocycles. The Morgan fingerprint density at radius 1 is 1.15 bits per heavy atom. The Morgan fingerprint density at radius 2 is 1.92 bits per heavy atom. The van der Waals surface area contributed by atoms with Crippen molar-refractivity contribution >= 4 is 0 Å². The molecule has 0 aromatic heterocycles. The van der Waals surface area contributed by atoms with Crippen LogP contribution in [0.15, 0.2) is 42.5 Å². The minimum atomic E-state index is 0.671. The van der Waals surface area contributed by atoms with Crippen LogP contribution in [0.2, 0.25) is 0 Å². The zero-order valence-corrected chi connectivity index (χ0v) is 8.07. The fourth-order valence-corrected chi connectivity index (χ4v) is 1.01. The van der Waals surface area contributed by atoms with Gasteiger partial charge < -0.3 is 4.74 Å². The second kappa shape index (κ2) is 6.30. The van der Waals surface area contributed by atoms with Crippen molar-refractivity contribution < 1.29 is 4.74 Å². The van der Waals surface area contributed by atoms with Crippen molar-refractivity contribution in [3.05, 3.63) is 42.5 Å². The van der Waals surface area contributed by atoms with Gasteiger partial charge in [-0.2, -0.15) is 0 Å². The lowest BCUT2D eigenvalue weighted by molar-refractivity contribution is 0.362. The quantitative estimate of drug-likeness (QED) is 0.624. The highest BCUT2D eigenvalue weighted by Gasteiger charge is 1.86. The van der Waals surface area contributed by atoms with Crippen molar-refractivity contribution in [1.82, 2.24) is 0 Å². The second-order valence-electron chi connectivity index (χ2n) is 2.88. The smallest absolute Gasteiger partial charge is 0.119 e. The monoisotopic (exact) mass is 176 g/mol. The Hall–Kier alpha value is -1.24. The topological polar surface area (TPSA) is 9.23 Å². The van der Waals surface area contributed by atoms with Crippen LogP contribution in [0.25, 0.3) is 0 Å². The summed E-state index contributed by atoms with van der Waals surface area (Å²) in [6.07, 6.45) is 6.55. The largest absolute Gasteiger partial charge is 0.490 e. The van der Waals surface area contributed by atoms with Crippen molar-refractivity contribution in [2.45, 2.75) is 19.8 Å². The van der Waals surface area contributed by atoms with E-state index in [2.05, 4.69) is 19.1 Å². The maximum Gasteiger partial charge on any atom is 0.119 e. The summed E-state index contributed by atoms with van der Waals surface area (Å²) in [6.45, 7) is 2.84. The van der Waals surface area contributed by atoms with Crippen LogP contribution in [0.4, 0.5) is 0 Å². The standard InChI is InChI=1S/C12H16O/c1-2-3-4-8-11-13-12-9-6-5-7-10-12/h4-10H,2-3,11H2,1H3/b8-4+. The number of rotatable bonds is 5. The van der Waals surface area contributed by atoms with Gasteiger partial charge >= 0.3 is 0 Å². The molecule has 0 heterocycles. The first-order chi connectivity index (χ1) is 6.43. The number of ether oxygens (including phenoxy) is 1. The molecule has 0 unspecified atom stereocenters. The molecule has 0 aliphatic rings. The average molecular weight is 176 g/mol. The van der Waals surface area contributed by atoms with Gasteiger partial charge in [0.05, 0.1) is 0 Å². The van der Waals surface area contributed by atoms with Crippen molar-refractivity contribution in [3.63, 3.8) is 0 Å². The minimum Gasteiger partial charge on any atom is -0.490 e. The van der Waals surface area contributed by atoms with E-state index < -0.39 is 0 Å². The highest BCUT2D eigenvalue weighted by atomic mass is 16.5. The maximum absolute atomic E-state index is 5.47. The molecule has 1 heteroatoms. The highest BCUT2D eigenvalue weighted by Crippen LogP contribution is 2.07. The van der Waals surface area contributed by atoms with Crippen LogP contribution >= 0.6 is 0 Å². The summed E-state index contributed by atoms with van der Waals surface area (Å²) in [4.78, 5) is 0. The van der Waals surface area contributed by atoms with Gasteiger partial charge in [-0.1, -0.05) is 43.7 Å². The Kier molecular flexibility index (Phi) is 4.77. The number of para-hydroxylation sites is 1. The highest BCUT2D eigenvalue weighted by molar-refractivity contribution is 5.21. The van der Waals surface area contributed by atoms with Crippen LogP contribution in [0, 0.1) is 0 Å². The zero-order valence-electron chi connectivity index (χ0n) is 8.07. The normalized spacial score (nSPS) is 10.5. The van der Waals surface area contributed by atoms with E-state index in [4.69, 9.17) is 4.74 Å². The molecule has 1 rings (SSSR count). The van der Waals surface area contributed by atoms with Gasteiger partial charge in [-0.05, 0) is 18.6 Å². The Bertz CT molecular complexity index is 239. The van der Waals surface area contributed by atoms with Gasteiger partial charge in [0, 0.05) is 0 Å². The van der Waals surface area contributed by atoms with Gasteiger partial charge in [0.15, 0.2) is 0 Å². The SMILES string of the molecule is CCC/C=C/COc1ccccc1. The summed E-state index contributed by atoms with van der Waals surface area (Å²) in [5.74, 6) is 0.934. The number of benzene rings is 1. The molecule has 70 valence electrons. The van der Waals surface area contributed by atoms with E-state index in [9.17, 15) is 0 Å². The molecule has 0 bridgehead atoms. The van der Waals surface area contributed by atoms with Gasteiger partial charge in [-0.25, -0.2) is 0 Å². The lowest BCUT2D eigenvalue weighted by atomic mass is 10.3. The van der Waals surface area contributed by atoms with E-state index >= 15 is 0 Å². The first-order valence-corrected chi connectivity index (χ1v) is 4.76.